The second-order valence-electron chi connectivity index (χ2n) is 4.13. The molecule has 2 N–H and O–H groups in total. The zero-order chi connectivity index (χ0) is 12.2. The van der Waals surface area contributed by atoms with Gasteiger partial charge in [-0.05, 0) is 19.4 Å². The highest BCUT2D eigenvalue weighted by Crippen LogP contribution is 2.22. The Morgan fingerprint density at radius 1 is 1.06 bits per heavy atom. The van der Waals surface area contributed by atoms with E-state index in [1.807, 2.05) is 30.3 Å². The summed E-state index contributed by atoms with van der Waals surface area (Å²) in [5.41, 5.74) is 4.89. The highest BCUT2D eigenvalue weighted by molar-refractivity contribution is 5.88. The highest BCUT2D eigenvalue weighted by atomic mass is 16.2. The molecular formula is C12H16N2O2. The molecule has 1 aromatic rings. The first-order valence-corrected chi connectivity index (χ1v) is 5.07. The SMILES string of the molecule is CC(=O)NNC(=O)C(C)(C)c1ccccc1. The van der Waals surface area contributed by atoms with Crippen LogP contribution < -0.4 is 10.9 Å². The van der Waals surface area contributed by atoms with E-state index >= 15 is 0 Å². The monoisotopic (exact) mass is 220 g/mol. The third kappa shape index (κ3) is 2.82. The van der Waals surface area contributed by atoms with E-state index in [9.17, 15) is 9.59 Å². The van der Waals surface area contributed by atoms with E-state index in [2.05, 4.69) is 10.9 Å². The molecule has 4 heteroatoms. The fourth-order valence-electron chi connectivity index (χ4n) is 1.29. The first kappa shape index (κ1) is 12.2. The molecule has 86 valence electrons. The summed E-state index contributed by atoms with van der Waals surface area (Å²) in [6.07, 6.45) is 0. The van der Waals surface area contributed by atoms with E-state index in [-0.39, 0.29) is 11.8 Å². The van der Waals surface area contributed by atoms with Crippen molar-refractivity contribution in [1.82, 2.24) is 10.9 Å². The van der Waals surface area contributed by atoms with E-state index in [0.717, 1.165) is 5.56 Å². The van der Waals surface area contributed by atoms with Crippen LogP contribution in [-0.2, 0) is 15.0 Å². The third-order valence-corrected chi connectivity index (χ3v) is 2.42. The van der Waals surface area contributed by atoms with Crippen LogP contribution in [-0.4, -0.2) is 11.8 Å². The van der Waals surface area contributed by atoms with Crippen LogP contribution in [0.4, 0.5) is 0 Å². The second-order valence-corrected chi connectivity index (χ2v) is 4.13. The Hall–Kier alpha value is -1.84. The number of benzene rings is 1. The van der Waals surface area contributed by atoms with Gasteiger partial charge in [0.2, 0.25) is 11.8 Å². The van der Waals surface area contributed by atoms with Crippen LogP contribution in [0.1, 0.15) is 26.3 Å². The molecule has 0 radical (unpaired) electrons. The van der Waals surface area contributed by atoms with E-state index < -0.39 is 5.41 Å². The lowest BCUT2D eigenvalue weighted by molar-refractivity contribution is -0.130. The molecule has 1 rings (SSSR count). The van der Waals surface area contributed by atoms with Crippen molar-refractivity contribution in [2.75, 3.05) is 0 Å². The van der Waals surface area contributed by atoms with Crippen molar-refractivity contribution >= 4 is 11.8 Å². The molecule has 0 heterocycles. The van der Waals surface area contributed by atoms with Crippen LogP contribution in [0, 0.1) is 0 Å². The third-order valence-electron chi connectivity index (χ3n) is 2.42. The second kappa shape index (κ2) is 4.79. The van der Waals surface area contributed by atoms with Crippen molar-refractivity contribution in [1.29, 1.82) is 0 Å². The summed E-state index contributed by atoms with van der Waals surface area (Å²) in [6.45, 7) is 4.95. The van der Waals surface area contributed by atoms with Crippen molar-refractivity contribution in [3.8, 4) is 0 Å². The molecule has 0 unspecified atom stereocenters. The van der Waals surface area contributed by atoms with Crippen molar-refractivity contribution in [2.45, 2.75) is 26.2 Å². The van der Waals surface area contributed by atoms with Crippen molar-refractivity contribution < 1.29 is 9.59 Å². The molecule has 0 atom stereocenters. The van der Waals surface area contributed by atoms with Gasteiger partial charge in [0.1, 0.15) is 0 Å². The maximum absolute atomic E-state index is 11.8. The number of hydrogen-bond donors (Lipinski definition) is 2. The van der Waals surface area contributed by atoms with Crippen LogP contribution in [0.2, 0.25) is 0 Å². The fourth-order valence-corrected chi connectivity index (χ4v) is 1.29. The normalized spacial score (nSPS) is 10.7. The number of carbonyl (C=O) groups excluding carboxylic acids is 2. The molecule has 2 amide bonds. The van der Waals surface area contributed by atoms with Gasteiger partial charge in [0, 0.05) is 6.92 Å². The summed E-state index contributed by atoms with van der Waals surface area (Å²) < 4.78 is 0. The zero-order valence-corrected chi connectivity index (χ0v) is 9.70. The predicted octanol–water partition coefficient (Wildman–Crippen LogP) is 1.13. The van der Waals surface area contributed by atoms with Gasteiger partial charge in [-0.1, -0.05) is 30.3 Å². The molecule has 1 aromatic carbocycles. The number of hydrogen-bond acceptors (Lipinski definition) is 2. The van der Waals surface area contributed by atoms with Gasteiger partial charge in [-0.2, -0.15) is 0 Å². The minimum Gasteiger partial charge on any atom is -0.274 e. The molecule has 0 bridgehead atoms. The van der Waals surface area contributed by atoms with E-state index in [0.29, 0.717) is 0 Å². The summed E-state index contributed by atoms with van der Waals surface area (Å²) in [4.78, 5) is 22.5. The molecule has 0 fully saturated rings. The molecule has 0 aromatic heterocycles. The zero-order valence-electron chi connectivity index (χ0n) is 9.70. The minimum absolute atomic E-state index is 0.242. The Bertz CT molecular complexity index is 385. The Balaban J connectivity index is 2.78. The lowest BCUT2D eigenvalue weighted by Crippen LogP contribution is -2.48. The van der Waals surface area contributed by atoms with Crippen LogP contribution in [0.3, 0.4) is 0 Å². The number of nitrogens with one attached hydrogen (secondary N) is 2. The maximum atomic E-state index is 11.8. The van der Waals surface area contributed by atoms with Crippen molar-refractivity contribution in [3.05, 3.63) is 35.9 Å². The van der Waals surface area contributed by atoms with Crippen LogP contribution in [0.25, 0.3) is 0 Å². The number of carbonyl (C=O) groups is 2. The molecule has 0 aliphatic rings. The van der Waals surface area contributed by atoms with Gasteiger partial charge >= 0.3 is 0 Å². The molecule has 0 saturated heterocycles. The molecular weight excluding hydrogens is 204 g/mol. The highest BCUT2D eigenvalue weighted by Gasteiger charge is 2.29. The molecule has 16 heavy (non-hydrogen) atoms. The van der Waals surface area contributed by atoms with Gasteiger partial charge in [-0.15, -0.1) is 0 Å². The Labute approximate surface area is 95.0 Å². The van der Waals surface area contributed by atoms with E-state index in [1.54, 1.807) is 13.8 Å². The first-order valence-electron chi connectivity index (χ1n) is 5.07. The molecule has 0 aliphatic carbocycles. The summed E-state index contributed by atoms with van der Waals surface area (Å²) in [5, 5.41) is 0. The first-order chi connectivity index (χ1) is 7.44. The molecule has 0 spiro atoms. The van der Waals surface area contributed by atoms with Gasteiger partial charge in [0.25, 0.3) is 0 Å². The van der Waals surface area contributed by atoms with Gasteiger partial charge < -0.3 is 0 Å². The van der Waals surface area contributed by atoms with E-state index in [1.165, 1.54) is 6.92 Å². The Kier molecular flexibility index (Phi) is 3.66. The summed E-state index contributed by atoms with van der Waals surface area (Å²) in [7, 11) is 0. The molecule has 0 saturated carbocycles. The minimum atomic E-state index is -0.677. The number of hydrazine groups is 1. The van der Waals surface area contributed by atoms with Gasteiger partial charge in [-0.3, -0.25) is 20.4 Å². The van der Waals surface area contributed by atoms with Crippen LogP contribution in [0.15, 0.2) is 30.3 Å². The van der Waals surface area contributed by atoms with Crippen molar-refractivity contribution in [3.63, 3.8) is 0 Å². The Morgan fingerprint density at radius 3 is 2.12 bits per heavy atom. The largest absolute Gasteiger partial charge is 0.274 e. The van der Waals surface area contributed by atoms with Gasteiger partial charge in [0.05, 0.1) is 5.41 Å². The topological polar surface area (TPSA) is 58.2 Å². The van der Waals surface area contributed by atoms with Gasteiger partial charge in [0.15, 0.2) is 0 Å². The average molecular weight is 220 g/mol. The summed E-state index contributed by atoms with van der Waals surface area (Å²) in [6, 6.07) is 9.41. The van der Waals surface area contributed by atoms with Crippen LogP contribution >= 0.6 is 0 Å². The summed E-state index contributed by atoms with van der Waals surface area (Å²) in [5.74, 6) is -0.536. The maximum Gasteiger partial charge on any atom is 0.248 e. The van der Waals surface area contributed by atoms with Crippen LogP contribution in [0.5, 0.6) is 0 Å². The quantitative estimate of drug-likeness (QED) is 0.734. The lowest BCUT2D eigenvalue weighted by atomic mass is 9.84. The number of amides is 2. The standard InChI is InChI=1S/C12H16N2O2/c1-9(15)13-14-11(16)12(2,3)10-7-5-4-6-8-10/h4-8H,1-3H3,(H,13,15)(H,14,16). The summed E-state index contributed by atoms with van der Waals surface area (Å²) >= 11 is 0. The fraction of sp³-hybridized carbons (Fsp3) is 0.333. The smallest absolute Gasteiger partial charge is 0.248 e. The van der Waals surface area contributed by atoms with E-state index in [4.69, 9.17) is 0 Å². The average Bonchev–Trinajstić information content (AvgIpc) is 2.27. The lowest BCUT2D eigenvalue weighted by Gasteiger charge is -2.23. The number of rotatable bonds is 2. The molecule has 0 aliphatic heterocycles. The predicted molar refractivity (Wildman–Crippen MR) is 61.4 cm³/mol. The Morgan fingerprint density at radius 2 is 1.62 bits per heavy atom. The van der Waals surface area contributed by atoms with Gasteiger partial charge in [-0.25, -0.2) is 0 Å². The molecule has 4 nitrogen and oxygen atoms in total. The van der Waals surface area contributed by atoms with Crippen molar-refractivity contribution in [2.24, 2.45) is 0 Å².